The SMILES string of the molecule is CC[C@@H](CC(=O)O)c1cccc(OC)c1. The van der Waals surface area contributed by atoms with Gasteiger partial charge in [0.05, 0.1) is 13.5 Å². The first kappa shape index (κ1) is 11.6. The first-order chi connectivity index (χ1) is 7.17. The van der Waals surface area contributed by atoms with Crippen molar-refractivity contribution in [3.8, 4) is 5.75 Å². The third-order valence-electron chi connectivity index (χ3n) is 2.48. The van der Waals surface area contributed by atoms with Crippen LogP contribution in [0.25, 0.3) is 0 Å². The Kier molecular flexibility index (Phi) is 4.16. The van der Waals surface area contributed by atoms with E-state index in [1.165, 1.54) is 0 Å². The van der Waals surface area contributed by atoms with Crippen molar-refractivity contribution in [1.29, 1.82) is 0 Å². The zero-order chi connectivity index (χ0) is 11.3. The van der Waals surface area contributed by atoms with Crippen LogP contribution in [0.1, 0.15) is 31.2 Å². The lowest BCUT2D eigenvalue weighted by atomic mass is 9.93. The van der Waals surface area contributed by atoms with E-state index in [1.54, 1.807) is 7.11 Å². The molecule has 0 saturated heterocycles. The number of carboxylic acid groups (broad SMARTS) is 1. The Morgan fingerprint density at radius 2 is 2.27 bits per heavy atom. The number of hydrogen-bond donors (Lipinski definition) is 1. The standard InChI is InChI=1S/C12H16O3/c1-3-9(8-12(13)14)10-5-4-6-11(7-10)15-2/h4-7,9H,3,8H2,1-2H3,(H,13,14)/t9-/m0/s1. The molecule has 0 aliphatic rings. The van der Waals surface area contributed by atoms with Crippen LogP contribution in [0.15, 0.2) is 24.3 Å². The van der Waals surface area contributed by atoms with Crippen LogP contribution in [0.5, 0.6) is 5.75 Å². The maximum Gasteiger partial charge on any atom is 0.303 e. The number of ether oxygens (including phenoxy) is 1. The minimum atomic E-state index is -0.760. The number of methoxy groups -OCH3 is 1. The molecule has 0 amide bonds. The molecule has 3 heteroatoms. The summed E-state index contributed by atoms with van der Waals surface area (Å²) in [4.78, 5) is 10.7. The number of benzene rings is 1. The highest BCUT2D eigenvalue weighted by Crippen LogP contribution is 2.26. The van der Waals surface area contributed by atoms with Crippen molar-refractivity contribution in [2.24, 2.45) is 0 Å². The molecule has 1 N–H and O–H groups in total. The fraction of sp³-hybridized carbons (Fsp3) is 0.417. The van der Waals surface area contributed by atoms with Crippen LogP contribution in [0.3, 0.4) is 0 Å². The first-order valence-corrected chi connectivity index (χ1v) is 5.03. The van der Waals surface area contributed by atoms with Gasteiger partial charge in [-0.05, 0) is 30.0 Å². The molecule has 0 aromatic heterocycles. The van der Waals surface area contributed by atoms with E-state index in [9.17, 15) is 4.79 Å². The first-order valence-electron chi connectivity index (χ1n) is 5.03. The second-order valence-electron chi connectivity index (χ2n) is 3.48. The lowest BCUT2D eigenvalue weighted by Crippen LogP contribution is -2.05. The van der Waals surface area contributed by atoms with E-state index >= 15 is 0 Å². The molecule has 1 aromatic carbocycles. The molecule has 0 saturated carbocycles. The number of carboxylic acids is 1. The zero-order valence-corrected chi connectivity index (χ0v) is 9.06. The lowest BCUT2D eigenvalue weighted by molar-refractivity contribution is -0.137. The van der Waals surface area contributed by atoms with Crippen molar-refractivity contribution < 1.29 is 14.6 Å². The van der Waals surface area contributed by atoms with Gasteiger partial charge in [-0.1, -0.05) is 19.1 Å². The third kappa shape index (κ3) is 3.27. The molecule has 0 unspecified atom stereocenters. The van der Waals surface area contributed by atoms with Crippen LogP contribution in [0, 0.1) is 0 Å². The highest BCUT2D eigenvalue weighted by molar-refractivity contribution is 5.68. The van der Waals surface area contributed by atoms with E-state index in [-0.39, 0.29) is 12.3 Å². The smallest absolute Gasteiger partial charge is 0.303 e. The molecule has 3 nitrogen and oxygen atoms in total. The Hall–Kier alpha value is -1.51. The van der Waals surface area contributed by atoms with Gasteiger partial charge < -0.3 is 9.84 Å². The molecule has 1 aromatic rings. The van der Waals surface area contributed by atoms with Gasteiger partial charge in [0.15, 0.2) is 0 Å². The van der Waals surface area contributed by atoms with Crippen LogP contribution in [-0.2, 0) is 4.79 Å². The maximum atomic E-state index is 10.7. The monoisotopic (exact) mass is 208 g/mol. The second kappa shape index (κ2) is 5.39. The largest absolute Gasteiger partial charge is 0.497 e. The molecule has 0 bridgehead atoms. The summed E-state index contributed by atoms with van der Waals surface area (Å²) in [6, 6.07) is 7.59. The number of hydrogen-bond acceptors (Lipinski definition) is 2. The average molecular weight is 208 g/mol. The van der Waals surface area contributed by atoms with E-state index in [0.29, 0.717) is 0 Å². The normalized spacial score (nSPS) is 12.1. The van der Waals surface area contributed by atoms with Crippen LogP contribution >= 0.6 is 0 Å². The van der Waals surface area contributed by atoms with Gasteiger partial charge in [-0.3, -0.25) is 4.79 Å². The molecule has 15 heavy (non-hydrogen) atoms. The Labute approximate surface area is 89.7 Å². The minimum Gasteiger partial charge on any atom is -0.497 e. The minimum absolute atomic E-state index is 0.0672. The predicted octanol–water partition coefficient (Wildman–Crippen LogP) is 2.66. The Balaban J connectivity index is 2.85. The highest BCUT2D eigenvalue weighted by Gasteiger charge is 2.13. The van der Waals surface area contributed by atoms with E-state index in [1.807, 2.05) is 31.2 Å². The van der Waals surface area contributed by atoms with E-state index in [2.05, 4.69) is 0 Å². The average Bonchev–Trinajstić information content (AvgIpc) is 2.25. The van der Waals surface area contributed by atoms with E-state index < -0.39 is 5.97 Å². The van der Waals surface area contributed by atoms with Crippen molar-refractivity contribution in [1.82, 2.24) is 0 Å². The predicted molar refractivity (Wildman–Crippen MR) is 58.3 cm³/mol. The van der Waals surface area contributed by atoms with Crippen molar-refractivity contribution in [3.63, 3.8) is 0 Å². The fourth-order valence-electron chi connectivity index (χ4n) is 1.60. The fourth-order valence-corrected chi connectivity index (χ4v) is 1.60. The number of rotatable bonds is 5. The summed E-state index contributed by atoms with van der Waals surface area (Å²) in [5.74, 6) is 0.0820. The number of carbonyl (C=O) groups is 1. The van der Waals surface area contributed by atoms with Crippen LogP contribution < -0.4 is 4.74 Å². The molecule has 1 atom stereocenters. The van der Waals surface area contributed by atoms with E-state index in [4.69, 9.17) is 9.84 Å². The van der Waals surface area contributed by atoms with Crippen molar-refractivity contribution in [2.75, 3.05) is 7.11 Å². The van der Waals surface area contributed by atoms with Crippen molar-refractivity contribution in [2.45, 2.75) is 25.7 Å². The Morgan fingerprint density at radius 1 is 1.53 bits per heavy atom. The van der Waals surface area contributed by atoms with Gasteiger partial charge in [0.2, 0.25) is 0 Å². The van der Waals surface area contributed by atoms with Gasteiger partial charge in [0.1, 0.15) is 5.75 Å². The molecule has 0 heterocycles. The zero-order valence-electron chi connectivity index (χ0n) is 9.06. The molecule has 0 spiro atoms. The van der Waals surface area contributed by atoms with Crippen molar-refractivity contribution >= 4 is 5.97 Å². The summed E-state index contributed by atoms with van der Waals surface area (Å²) >= 11 is 0. The van der Waals surface area contributed by atoms with Gasteiger partial charge in [-0.25, -0.2) is 0 Å². The molecule has 82 valence electrons. The molecule has 1 rings (SSSR count). The summed E-state index contributed by atoms with van der Waals surface area (Å²) in [7, 11) is 1.61. The molecular weight excluding hydrogens is 192 g/mol. The third-order valence-corrected chi connectivity index (χ3v) is 2.48. The molecule has 0 fully saturated rings. The highest BCUT2D eigenvalue weighted by atomic mass is 16.5. The van der Waals surface area contributed by atoms with Gasteiger partial charge in [-0.2, -0.15) is 0 Å². The second-order valence-corrected chi connectivity index (χ2v) is 3.48. The molecule has 0 radical (unpaired) electrons. The molecule has 0 aliphatic carbocycles. The Morgan fingerprint density at radius 3 is 2.80 bits per heavy atom. The summed E-state index contributed by atoms with van der Waals surface area (Å²) in [6.07, 6.45) is 0.989. The summed E-state index contributed by atoms with van der Waals surface area (Å²) in [6.45, 7) is 1.99. The van der Waals surface area contributed by atoms with Gasteiger partial charge in [-0.15, -0.1) is 0 Å². The molecular formula is C12H16O3. The molecule has 0 aliphatic heterocycles. The number of aliphatic carboxylic acids is 1. The van der Waals surface area contributed by atoms with Crippen molar-refractivity contribution in [3.05, 3.63) is 29.8 Å². The van der Waals surface area contributed by atoms with Crippen LogP contribution in [-0.4, -0.2) is 18.2 Å². The van der Waals surface area contributed by atoms with Gasteiger partial charge in [0, 0.05) is 0 Å². The van der Waals surface area contributed by atoms with E-state index in [0.717, 1.165) is 17.7 Å². The maximum absolute atomic E-state index is 10.7. The Bertz CT molecular complexity index is 333. The lowest BCUT2D eigenvalue weighted by Gasteiger charge is -2.13. The summed E-state index contributed by atoms with van der Waals surface area (Å²) < 4.78 is 5.11. The topological polar surface area (TPSA) is 46.5 Å². The van der Waals surface area contributed by atoms with Gasteiger partial charge in [0.25, 0.3) is 0 Å². The summed E-state index contributed by atoms with van der Waals surface area (Å²) in [5.41, 5.74) is 1.03. The van der Waals surface area contributed by atoms with Crippen LogP contribution in [0.4, 0.5) is 0 Å². The van der Waals surface area contributed by atoms with Gasteiger partial charge >= 0.3 is 5.97 Å². The quantitative estimate of drug-likeness (QED) is 0.809. The summed E-state index contributed by atoms with van der Waals surface area (Å²) in [5, 5.41) is 8.77. The van der Waals surface area contributed by atoms with Crippen LogP contribution in [0.2, 0.25) is 0 Å².